The molecule has 3 aromatic rings. The first-order valence-corrected chi connectivity index (χ1v) is 9.52. The Morgan fingerprint density at radius 2 is 2.11 bits per heavy atom. The maximum Gasteiger partial charge on any atom is 0.304 e. The summed E-state index contributed by atoms with van der Waals surface area (Å²) in [6, 6.07) is 8.07. The second-order valence-electron chi connectivity index (χ2n) is 6.81. The third-order valence-electron chi connectivity index (χ3n) is 4.95. The number of carboxylic acids is 1. The fraction of sp³-hybridized carbons (Fsp3) is 0.250. The molecule has 1 aromatic heterocycles. The molecule has 1 aliphatic heterocycles. The van der Waals surface area contributed by atoms with Gasteiger partial charge in [-0.05, 0) is 42.7 Å². The Bertz CT molecular complexity index is 1110. The molecule has 0 saturated carbocycles. The molecule has 1 amide bonds. The summed E-state index contributed by atoms with van der Waals surface area (Å²) >= 11 is 1.18. The van der Waals surface area contributed by atoms with Gasteiger partial charge in [-0.25, -0.2) is 13.8 Å². The summed E-state index contributed by atoms with van der Waals surface area (Å²) in [5.41, 5.74) is 2.54. The van der Waals surface area contributed by atoms with Crippen LogP contribution in [0.3, 0.4) is 0 Å². The van der Waals surface area contributed by atoms with Crippen LogP contribution in [-0.2, 0) is 22.6 Å². The number of rotatable bonds is 4. The Balaban J connectivity index is 1.75. The summed E-state index contributed by atoms with van der Waals surface area (Å²) in [5.74, 6) is -3.99. The Morgan fingerprint density at radius 3 is 2.86 bits per heavy atom. The largest absolute Gasteiger partial charge is 0.481 e. The first kappa shape index (κ1) is 18.5. The van der Waals surface area contributed by atoms with Crippen molar-refractivity contribution in [2.24, 2.45) is 5.92 Å². The average molecular weight is 402 g/mol. The highest BCUT2D eigenvalue weighted by atomic mass is 32.1. The van der Waals surface area contributed by atoms with Gasteiger partial charge in [-0.2, -0.15) is 0 Å². The van der Waals surface area contributed by atoms with E-state index in [0.29, 0.717) is 21.8 Å². The SMILES string of the molecule is Cc1cccc2c1CC(CC(=O)O)C(=O)N2Cc1nc2c(F)c(F)ccc2s1. The van der Waals surface area contributed by atoms with Gasteiger partial charge in [0.2, 0.25) is 5.91 Å². The van der Waals surface area contributed by atoms with Gasteiger partial charge < -0.3 is 10.0 Å². The first-order chi connectivity index (χ1) is 13.3. The van der Waals surface area contributed by atoms with Gasteiger partial charge in [0, 0.05) is 5.69 Å². The lowest BCUT2D eigenvalue weighted by molar-refractivity contribution is -0.140. The summed E-state index contributed by atoms with van der Waals surface area (Å²) in [6.45, 7) is 1.99. The van der Waals surface area contributed by atoms with Crippen molar-refractivity contribution in [1.29, 1.82) is 0 Å². The summed E-state index contributed by atoms with van der Waals surface area (Å²) in [6.07, 6.45) is 0.103. The fourth-order valence-electron chi connectivity index (χ4n) is 3.60. The Kier molecular flexibility index (Phi) is 4.58. The van der Waals surface area contributed by atoms with Gasteiger partial charge in [0.15, 0.2) is 11.6 Å². The lowest BCUT2D eigenvalue weighted by Gasteiger charge is -2.34. The molecule has 1 aliphatic rings. The van der Waals surface area contributed by atoms with Crippen LogP contribution in [0, 0.1) is 24.5 Å². The van der Waals surface area contributed by atoms with E-state index in [1.165, 1.54) is 22.3 Å². The maximum atomic E-state index is 14.0. The van der Waals surface area contributed by atoms with Crippen molar-refractivity contribution in [3.8, 4) is 0 Å². The Morgan fingerprint density at radius 1 is 1.32 bits per heavy atom. The van der Waals surface area contributed by atoms with Crippen molar-refractivity contribution in [3.63, 3.8) is 0 Å². The van der Waals surface area contributed by atoms with Gasteiger partial charge in [-0.1, -0.05) is 12.1 Å². The first-order valence-electron chi connectivity index (χ1n) is 8.70. The lowest BCUT2D eigenvalue weighted by Crippen LogP contribution is -2.42. The Hall–Kier alpha value is -2.87. The normalized spacial score (nSPS) is 16.5. The van der Waals surface area contributed by atoms with Gasteiger partial charge in [0.05, 0.1) is 23.6 Å². The number of benzene rings is 2. The maximum absolute atomic E-state index is 14.0. The Labute approximate surface area is 163 Å². The predicted molar refractivity (Wildman–Crippen MR) is 101 cm³/mol. The van der Waals surface area contributed by atoms with Crippen molar-refractivity contribution in [3.05, 3.63) is 58.1 Å². The minimum Gasteiger partial charge on any atom is -0.481 e. The number of fused-ring (bicyclic) bond motifs is 2. The van der Waals surface area contributed by atoms with Crippen molar-refractivity contribution in [2.75, 3.05) is 4.90 Å². The molecule has 1 N–H and O–H groups in total. The number of halogens is 2. The number of carbonyl (C=O) groups is 2. The lowest BCUT2D eigenvalue weighted by atomic mass is 9.87. The van der Waals surface area contributed by atoms with Gasteiger partial charge in [0.1, 0.15) is 10.5 Å². The number of thiazole rings is 1. The number of anilines is 1. The van der Waals surface area contributed by atoms with Crippen molar-refractivity contribution in [2.45, 2.75) is 26.3 Å². The molecule has 0 saturated heterocycles. The van der Waals surface area contributed by atoms with Crippen LogP contribution in [0.2, 0.25) is 0 Å². The number of hydrogen-bond donors (Lipinski definition) is 1. The third kappa shape index (κ3) is 3.13. The third-order valence-corrected chi connectivity index (χ3v) is 5.96. The fourth-order valence-corrected chi connectivity index (χ4v) is 4.55. The number of carboxylic acid groups (broad SMARTS) is 1. The van der Waals surface area contributed by atoms with Crippen molar-refractivity contribution in [1.82, 2.24) is 4.98 Å². The minimum absolute atomic E-state index is 0.0592. The van der Waals surface area contributed by atoms with E-state index in [2.05, 4.69) is 4.98 Å². The van der Waals surface area contributed by atoms with Gasteiger partial charge in [-0.15, -0.1) is 11.3 Å². The van der Waals surface area contributed by atoms with Crippen LogP contribution in [-0.4, -0.2) is 22.0 Å². The summed E-state index contributed by atoms with van der Waals surface area (Å²) in [5, 5.41) is 9.63. The van der Waals surface area contributed by atoms with Crippen molar-refractivity contribution >= 4 is 39.1 Å². The molecule has 4 rings (SSSR count). The van der Waals surface area contributed by atoms with E-state index >= 15 is 0 Å². The van der Waals surface area contributed by atoms with E-state index in [9.17, 15) is 23.5 Å². The molecule has 5 nitrogen and oxygen atoms in total. The quantitative estimate of drug-likeness (QED) is 0.714. The van der Waals surface area contributed by atoms with Gasteiger partial charge in [0.25, 0.3) is 0 Å². The average Bonchev–Trinajstić information content (AvgIpc) is 3.06. The van der Waals surface area contributed by atoms with Crippen molar-refractivity contribution < 1.29 is 23.5 Å². The molecule has 0 spiro atoms. The van der Waals surface area contributed by atoms with Crippen LogP contribution < -0.4 is 4.90 Å². The molecule has 2 aromatic carbocycles. The number of nitrogens with zero attached hydrogens (tertiary/aromatic N) is 2. The van der Waals surface area contributed by atoms with Crippen LogP contribution >= 0.6 is 11.3 Å². The van der Waals surface area contributed by atoms with Crippen LogP contribution in [0.5, 0.6) is 0 Å². The van der Waals surface area contributed by atoms with Gasteiger partial charge >= 0.3 is 5.97 Å². The monoisotopic (exact) mass is 402 g/mol. The molecule has 0 bridgehead atoms. The number of hydrogen-bond acceptors (Lipinski definition) is 4. The van der Waals surface area contributed by atoms with E-state index in [1.54, 1.807) is 0 Å². The molecule has 1 unspecified atom stereocenters. The highest BCUT2D eigenvalue weighted by molar-refractivity contribution is 7.18. The number of aliphatic carboxylic acids is 1. The summed E-state index contributed by atoms with van der Waals surface area (Å²) in [4.78, 5) is 29.9. The predicted octanol–water partition coefficient (Wildman–Crippen LogP) is 4.06. The zero-order valence-corrected chi connectivity index (χ0v) is 15.7. The van der Waals surface area contributed by atoms with E-state index in [4.69, 9.17) is 0 Å². The summed E-state index contributed by atoms with van der Waals surface area (Å²) < 4.78 is 27.9. The molecule has 0 fully saturated rings. The standard InChI is InChI=1S/C20H16F2N2O3S/c1-10-3-2-4-14-12(10)7-11(8-17(25)26)20(27)24(14)9-16-23-19-15(28-16)6-5-13(21)18(19)22/h2-6,11H,7-9H2,1H3,(H,25,26). The van der Waals surface area contributed by atoms with E-state index in [0.717, 1.165) is 17.2 Å². The minimum atomic E-state index is -1.03. The van der Waals surface area contributed by atoms with E-state index < -0.39 is 23.5 Å². The molecule has 1 atom stereocenters. The molecule has 8 heteroatoms. The van der Waals surface area contributed by atoms with Crippen LogP contribution in [0.1, 0.15) is 22.6 Å². The van der Waals surface area contributed by atoms with Gasteiger partial charge in [-0.3, -0.25) is 9.59 Å². The summed E-state index contributed by atoms with van der Waals surface area (Å²) in [7, 11) is 0. The zero-order valence-electron chi connectivity index (χ0n) is 14.9. The molecule has 0 radical (unpaired) electrons. The molecule has 144 valence electrons. The number of aromatic nitrogens is 1. The van der Waals surface area contributed by atoms with Crippen LogP contribution in [0.25, 0.3) is 10.2 Å². The number of carbonyl (C=O) groups excluding carboxylic acids is 1. The highest BCUT2D eigenvalue weighted by Gasteiger charge is 2.35. The van der Waals surface area contributed by atoms with Crippen LogP contribution in [0.15, 0.2) is 30.3 Å². The molecule has 28 heavy (non-hydrogen) atoms. The molecular formula is C20H16F2N2O3S. The second kappa shape index (κ2) is 6.94. The molecular weight excluding hydrogens is 386 g/mol. The smallest absolute Gasteiger partial charge is 0.304 e. The topological polar surface area (TPSA) is 70.5 Å². The van der Waals surface area contributed by atoms with Crippen LogP contribution in [0.4, 0.5) is 14.5 Å². The molecule has 0 aliphatic carbocycles. The second-order valence-corrected chi connectivity index (χ2v) is 7.93. The van der Waals surface area contributed by atoms with E-state index in [1.807, 2.05) is 25.1 Å². The van der Waals surface area contributed by atoms with E-state index in [-0.39, 0.29) is 24.4 Å². The highest BCUT2D eigenvalue weighted by Crippen LogP contribution is 2.36. The molecule has 2 heterocycles. The number of aryl methyl sites for hydroxylation is 1. The number of amides is 1. The zero-order chi connectivity index (χ0) is 20.0.